The predicted octanol–water partition coefficient (Wildman–Crippen LogP) is -0.0160. The van der Waals surface area contributed by atoms with Crippen LogP contribution in [0.3, 0.4) is 0 Å². The van der Waals surface area contributed by atoms with Crippen LogP contribution in [0.2, 0.25) is 0 Å². The minimum atomic E-state index is -0.303. The third-order valence-corrected chi connectivity index (χ3v) is 3.28. The van der Waals surface area contributed by atoms with Gasteiger partial charge in [-0.15, -0.1) is 0 Å². The summed E-state index contributed by atoms with van der Waals surface area (Å²) in [6.07, 6.45) is 1.92. The molecule has 0 spiro atoms. The van der Waals surface area contributed by atoms with Crippen LogP contribution < -0.4 is 10.9 Å². The molecule has 1 aliphatic heterocycles. The van der Waals surface area contributed by atoms with Crippen LogP contribution in [-0.4, -0.2) is 46.7 Å². The number of aromatic amines is 1. The van der Waals surface area contributed by atoms with Gasteiger partial charge in [0.2, 0.25) is 0 Å². The fourth-order valence-electron chi connectivity index (χ4n) is 2.12. The zero-order valence-corrected chi connectivity index (χ0v) is 10.5. The molecule has 0 aliphatic carbocycles. The number of H-pyrrole nitrogens is 1. The normalized spacial score (nSPS) is 17.6. The Labute approximate surface area is 105 Å². The number of carbonyl (C=O) groups excluding carboxylic acids is 1. The molecule has 2 N–H and O–H groups in total. The summed E-state index contributed by atoms with van der Waals surface area (Å²) in [5.41, 5.74) is -0.0460. The van der Waals surface area contributed by atoms with Crippen molar-refractivity contribution in [2.45, 2.75) is 25.8 Å². The molecule has 18 heavy (non-hydrogen) atoms. The maximum atomic E-state index is 11.9. The Bertz CT molecular complexity index is 443. The molecule has 0 unspecified atom stereocenters. The first-order chi connectivity index (χ1) is 8.69. The number of likely N-dealkylation sites (tertiary alicyclic amines) is 1. The van der Waals surface area contributed by atoms with E-state index in [1.807, 2.05) is 0 Å². The van der Waals surface area contributed by atoms with Crippen LogP contribution in [0.4, 0.5) is 0 Å². The van der Waals surface area contributed by atoms with Gasteiger partial charge >= 0.3 is 0 Å². The van der Waals surface area contributed by atoms with Gasteiger partial charge in [-0.3, -0.25) is 9.59 Å². The minimum absolute atomic E-state index is 0.203. The highest BCUT2D eigenvalue weighted by Gasteiger charge is 2.20. The van der Waals surface area contributed by atoms with Crippen LogP contribution in [0, 0.1) is 0 Å². The number of nitrogens with zero attached hydrogens (tertiary/aromatic N) is 2. The lowest BCUT2D eigenvalue weighted by Gasteiger charge is -2.31. The minimum Gasteiger partial charge on any atom is -0.348 e. The summed E-state index contributed by atoms with van der Waals surface area (Å²) in [5, 5.41) is 8.92. The van der Waals surface area contributed by atoms with E-state index in [0.717, 1.165) is 32.5 Å². The first kappa shape index (κ1) is 12.8. The molecule has 98 valence electrons. The number of aromatic nitrogens is 2. The molecule has 1 aromatic rings. The Morgan fingerprint density at radius 1 is 1.50 bits per heavy atom. The number of carbonyl (C=O) groups is 1. The molecule has 1 aromatic heterocycles. The van der Waals surface area contributed by atoms with Crippen LogP contribution in [0.15, 0.2) is 16.9 Å². The first-order valence-electron chi connectivity index (χ1n) is 6.28. The SMILES string of the molecule is CCN1CCC(NC(=O)c2ccc(=O)[nH]n2)CC1. The van der Waals surface area contributed by atoms with Crippen molar-refractivity contribution in [2.24, 2.45) is 0 Å². The molecule has 1 amide bonds. The molecular weight excluding hydrogens is 232 g/mol. The second-order valence-corrected chi connectivity index (χ2v) is 4.49. The molecule has 6 heteroatoms. The largest absolute Gasteiger partial charge is 0.348 e. The lowest BCUT2D eigenvalue weighted by atomic mass is 10.0. The van der Waals surface area contributed by atoms with Gasteiger partial charge in [0.1, 0.15) is 5.69 Å². The van der Waals surface area contributed by atoms with E-state index < -0.39 is 0 Å². The molecule has 0 atom stereocenters. The van der Waals surface area contributed by atoms with Gasteiger partial charge in [-0.1, -0.05) is 6.92 Å². The fraction of sp³-hybridized carbons (Fsp3) is 0.583. The standard InChI is InChI=1S/C12H18N4O2/c1-2-16-7-5-9(6-8-16)13-12(18)10-3-4-11(17)15-14-10/h3-4,9H,2,5-8H2,1H3,(H,13,18)(H,15,17). The van der Waals surface area contributed by atoms with E-state index in [9.17, 15) is 9.59 Å². The first-order valence-corrected chi connectivity index (χ1v) is 6.28. The summed E-state index contributed by atoms with van der Waals surface area (Å²) in [7, 11) is 0. The zero-order valence-electron chi connectivity index (χ0n) is 10.5. The van der Waals surface area contributed by atoms with Gasteiger partial charge < -0.3 is 10.2 Å². The molecule has 1 aliphatic rings. The molecule has 0 saturated carbocycles. The summed E-state index contributed by atoms with van der Waals surface area (Å²) in [6, 6.07) is 2.95. The average Bonchev–Trinajstić information content (AvgIpc) is 2.40. The van der Waals surface area contributed by atoms with E-state index in [1.54, 1.807) is 0 Å². The van der Waals surface area contributed by atoms with E-state index >= 15 is 0 Å². The number of piperidine rings is 1. The van der Waals surface area contributed by atoms with Crippen LogP contribution in [0.5, 0.6) is 0 Å². The topological polar surface area (TPSA) is 78.1 Å². The van der Waals surface area contributed by atoms with Crippen molar-refractivity contribution in [1.82, 2.24) is 20.4 Å². The van der Waals surface area contributed by atoms with Gasteiger partial charge in [-0.05, 0) is 25.5 Å². The average molecular weight is 250 g/mol. The molecule has 0 radical (unpaired) electrons. The third-order valence-electron chi connectivity index (χ3n) is 3.28. The lowest BCUT2D eigenvalue weighted by molar-refractivity contribution is 0.0906. The zero-order chi connectivity index (χ0) is 13.0. The van der Waals surface area contributed by atoms with Crippen LogP contribution in [0.1, 0.15) is 30.3 Å². The van der Waals surface area contributed by atoms with E-state index in [-0.39, 0.29) is 23.2 Å². The van der Waals surface area contributed by atoms with Gasteiger partial charge in [-0.2, -0.15) is 5.10 Å². The molecule has 0 bridgehead atoms. The molecule has 2 heterocycles. The fourth-order valence-corrected chi connectivity index (χ4v) is 2.12. The van der Waals surface area contributed by atoms with Gasteiger partial charge in [0, 0.05) is 25.2 Å². The van der Waals surface area contributed by atoms with E-state index in [2.05, 4.69) is 27.3 Å². The lowest BCUT2D eigenvalue weighted by Crippen LogP contribution is -2.44. The van der Waals surface area contributed by atoms with Gasteiger partial charge in [0.15, 0.2) is 0 Å². The quantitative estimate of drug-likeness (QED) is 0.790. The maximum absolute atomic E-state index is 11.9. The highest BCUT2D eigenvalue weighted by atomic mass is 16.2. The summed E-state index contributed by atoms with van der Waals surface area (Å²) in [4.78, 5) is 25.1. The summed E-state index contributed by atoms with van der Waals surface area (Å²) < 4.78 is 0. The third kappa shape index (κ3) is 3.16. The Kier molecular flexibility index (Phi) is 4.09. The van der Waals surface area contributed by atoms with E-state index in [4.69, 9.17) is 0 Å². The van der Waals surface area contributed by atoms with E-state index in [1.165, 1.54) is 12.1 Å². The van der Waals surface area contributed by atoms with Crippen molar-refractivity contribution in [3.8, 4) is 0 Å². The second kappa shape index (κ2) is 5.77. The van der Waals surface area contributed by atoms with Crippen molar-refractivity contribution < 1.29 is 4.79 Å². The van der Waals surface area contributed by atoms with Crippen LogP contribution in [-0.2, 0) is 0 Å². The molecule has 1 fully saturated rings. The van der Waals surface area contributed by atoms with Crippen LogP contribution in [0.25, 0.3) is 0 Å². The monoisotopic (exact) mass is 250 g/mol. The second-order valence-electron chi connectivity index (χ2n) is 4.49. The van der Waals surface area contributed by atoms with Crippen molar-refractivity contribution in [1.29, 1.82) is 0 Å². The summed E-state index contributed by atoms with van der Waals surface area (Å²) in [6.45, 7) is 5.23. The van der Waals surface area contributed by atoms with Crippen molar-refractivity contribution in [3.63, 3.8) is 0 Å². The van der Waals surface area contributed by atoms with Gasteiger partial charge in [-0.25, -0.2) is 5.10 Å². The summed E-state index contributed by atoms with van der Waals surface area (Å²) in [5.74, 6) is -0.221. The molecule has 2 rings (SSSR count). The number of nitrogens with one attached hydrogen (secondary N) is 2. The highest BCUT2D eigenvalue weighted by molar-refractivity contribution is 5.92. The Hall–Kier alpha value is -1.69. The molecular formula is C12H18N4O2. The number of hydrogen-bond donors (Lipinski definition) is 2. The van der Waals surface area contributed by atoms with Gasteiger partial charge in [0.25, 0.3) is 11.5 Å². The Balaban J connectivity index is 1.88. The van der Waals surface area contributed by atoms with Crippen molar-refractivity contribution >= 4 is 5.91 Å². The number of amides is 1. The Morgan fingerprint density at radius 3 is 2.78 bits per heavy atom. The number of hydrogen-bond acceptors (Lipinski definition) is 4. The van der Waals surface area contributed by atoms with Crippen LogP contribution >= 0.6 is 0 Å². The predicted molar refractivity (Wildman–Crippen MR) is 67.5 cm³/mol. The van der Waals surface area contributed by atoms with E-state index in [0.29, 0.717) is 0 Å². The summed E-state index contributed by atoms with van der Waals surface area (Å²) >= 11 is 0. The molecule has 1 saturated heterocycles. The Morgan fingerprint density at radius 2 is 2.22 bits per heavy atom. The van der Waals surface area contributed by atoms with Gasteiger partial charge in [0.05, 0.1) is 0 Å². The highest BCUT2D eigenvalue weighted by Crippen LogP contribution is 2.10. The molecule has 6 nitrogen and oxygen atoms in total. The smallest absolute Gasteiger partial charge is 0.271 e. The van der Waals surface area contributed by atoms with Crippen molar-refractivity contribution in [2.75, 3.05) is 19.6 Å². The number of rotatable bonds is 3. The van der Waals surface area contributed by atoms with Crippen molar-refractivity contribution in [3.05, 3.63) is 28.2 Å². The maximum Gasteiger partial charge on any atom is 0.271 e. The molecule has 0 aromatic carbocycles.